The number of hydrogen-bond acceptors (Lipinski definition) is 5. The zero-order chi connectivity index (χ0) is 17.8. The lowest BCUT2D eigenvalue weighted by molar-refractivity contribution is 0.0993. The number of carbonyl (C=O) groups is 1. The van der Waals surface area contributed by atoms with Crippen LogP contribution in [0.2, 0.25) is 0 Å². The molecule has 7 heteroatoms. The first-order valence-electron chi connectivity index (χ1n) is 8.03. The number of ether oxygens (including phenoxy) is 1. The van der Waals surface area contributed by atoms with Gasteiger partial charge in [0.25, 0.3) is 5.91 Å². The summed E-state index contributed by atoms with van der Waals surface area (Å²) in [6, 6.07) is 9.31. The Morgan fingerprint density at radius 3 is 2.92 bits per heavy atom. The number of amides is 1. The van der Waals surface area contributed by atoms with Crippen molar-refractivity contribution in [3.8, 4) is 5.75 Å². The van der Waals surface area contributed by atoms with Crippen LogP contribution in [0, 0.1) is 0 Å². The van der Waals surface area contributed by atoms with Crippen molar-refractivity contribution in [2.75, 3.05) is 6.61 Å². The molecule has 3 rings (SSSR count). The summed E-state index contributed by atoms with van der Waals surface area (Å²) in [6.45, 7) is 2.10. The fourth-order valence-corrected chi connectivity index (χ4v) is 2.73. The summed E-state index contributed by atoms with van der Waals surface area (Å²) in [5, 5.41) is 11.0. The number of imidazole rings is 1. The number of carbonyl (C=O) groups excluding carboxylic acids is 1. The number of aliphatic hydroxyl groups excluding tert-OH is 1. The number of aliphatic hydroxyl groups is 1. The first-order chi connectivity index (χ1) is 12.0. The molecule has 0 radical (unpaired) electrons. The molecule has 2 atom stereocenters. The molecule has 0 unspecified atom stereocenters. The van der Waals surface area contributed by atoms with Gasteiger partial charge < -0.3 is 20.1 Å². The molecule has 0 fully saturated rings. The van der Waals surface area contributed by atoms with E-state index in [9.17, 15) is 9.90 Å². The minimum absolute atomic E-state index is 0.175. The van der Waals surface area contributed by atoms with Gasteiger partial charge in [0.2, 0.25) is 0 Å². The Hall–Kier alpha value is -2.93. The van der Waals surface area contributed by atoms with E-state index < -0.39 is 12.0 Å². The second-order valence-electron chi connectivity index (χ2n) is 5.87. The quantitative estimate of drug-likeness (QED) is 0.684. The lowest BCUT2D eigenvalue weighted by Crippen LogP contribution is -2.23. The summed E-state index contributed by atoms with van der Waals surface area (Å²) in [7, 11) is 0. The maximum absolute atomic E-state index is 11.2. The lowest BCUT2D eigenvalue weighted by Gasteiger charge is -2.21. The Labute approximate surface area is 145 Å². The largest absolute Gasteiger partial charge is 0.493 e. The zero-order valence-electron chi connectivity index (χ0n) is 13.9. The van der Waals surface area contributed by atoms with E-state index in [1.54, 1.807) is 23.9 Å². The minimum Gasteiger partial charge on any atom is -0.493 e. The van der Waals surface area contributed by atoms with Gasteiger partial charge in [0.05, 0.1) is 30.6 Å². The molecule has 0 spiro atoms. The number of rotatable bonds is 7. The summed E-state index contributed by atoms with van der Waals surface area (Å²) in [5.41, 5.74) is 6.30. The fraction of sp³-hybridized carbons (Fsp3) is 0.278. The van der Waals surface area contributed by atoms with Gasteiger partial charge in [-0.05, 0) is 31.2 Å². The second-order valence-corrected chi connectivity index (χ2v) is 5.87. The number of benzene rings is 1. The smallest absolute Gasteiger partial charge is 0.268 e. The molecule has 0 bridgehead atoms. The third kappa shape index (κ3) is 3.95. The van der Waals surface area contributed by atoms with Crippen molar-refractivity contribution >= 4 is 16.8 Å². The van der Waals surface area contributed by atoms with Crippen LogP contribution in [-0.4, -0.2) is 38.3 Å². The molecule has 2 heterocycles. The van der Waals surface area contributed by atoms with Crippen molar-refractivity contribution < 1.29 is 14.6 Å². The highest BCUT2D eigenvalue weighted by molar-refractivity contribution is 5.90. The molecule has 0 saturated heterocycles. The highest BCUT2D eigenvalue weighted by Gasteiger charge is 2.18. The Bertz CT molecular complexity index is 875. The summed E-state index contributed by atoms with van der Waals surface area (Å²) >= 11 is 0. The van der Waals surface area contributed by atoms with E-state index in [4.69, 9.17) is 10.5 Å². The molecule has 2 aromatic heterocycles. The van der Waals surface area contributed by atoms with E-state index in [2.05, 4.69) is 9.97 Å². The van der Waals surface area contributed by atoms with Crippen LogP contribution in [0.5, 0.6) is 5.75 Å². The summed E-state index contributed by atoms with van der Waals surface area (Å²) in [6.07, 6.45) is 4.72. The first-order valence-corrected chi connectivity index (χ1v) is 8.03. The number of hydrogen-bond donors (Lipinski definition) is 2. The van der Waals surface area contributed by atoms with Gasteiger partial charge in [0.1, 0.15) is 11.4 Å². The van der Waals surface area contributed by atoms with Crippen LogP contribution < -0.4 is 10.5 Å². The molecule has 1 aromatic carbocycles. The van der Waals surface area contributed by atoms with Gasteiger partial charge in [-0.15, -0.1) is 0 Å². The van der Waals surface area contributed by atoms with Gasteiger partial charge in [0, 0.05) is 24.2 Å². The summed E-state index contributed by atoms with van der Waals surface area (Å²) < 4.78 is 7.50. The number of primary amides is 1. The van der Waals surface area contributed by atoms with E-state index in [0.717, 1.165) is 16.7 Å². The Morgan fingerprint density at radius 1 is 1.36 bits per heavy atom. The Kier molecular flexibility index (Phi) is 4.95. The predicted molar refractivity (Wildman–Crippen MR) is 93.3 cm³/mol. The number of nitrogens with zero attached hydrogens (tertiary/aromatic N) is 3. The van der Waals surface area contributed by atoms with E-state index in [1.807, 2.05) is 30.3 Å². The van der Waals surface area contributed by atoms with Gasteiger partial charge in [-0.1, -0.05) is 6.07 Å². The van der Waals surface area contributed by atoms with E-state index in [0.29, 0.717) is 13.0 Å². The molecule has 0 aliphatic heterocycles. The molecule has 0 saturated carbocycles. The summed E-state index contributed by atoms with van der Waals surface area (Å²) in [4.78, 5) is 19.4. The number of aromatic nitrogens is 3. The molecule has 25 heavy (non-hydrogen) atoms. The van der Waals surface area contributed by atoms with Crippen LogP contribution in [0.15, 0.2) is 49.1 Å². The highest BCUT2D eigenvalue weighted by atomic mass is 16.5. The Morgan fingerprint density at radius 2 is 2.20 bits per heavy atom. The summed E-state index contributed by atoms with van der Waals surface area (Å²) in [5.74, 6) is 0.150. The Balaban J connectivity index is 1.65. The van der Waals surface area contributed by atoms with Crippen molar-refractivity contribution in [3.05, 3.63) is 54.7 Å². The van der Waals surface area contributed by atoms with Crippen molar-refractivity contribution in [2.45, 2.75) is 25.5 Å². The molecule has 1 amide bonds. The van der Waals surface area contributed by atoms with Crippen LogP contribution in [0.25, 0.3) is 10.9 Å². The third-order valence-corrected chi connectivity index (χ3v) is 4.05. The highest BCUT2D eigenvalue weighted by Crippen LogP contribution is 2.21. The van der Waals surface area contributed by atoms with Crippen LogP contribution in [0.4, 0.5) is 0 Å². The van der Waals surface area contributed by atoms with Crippen molar-refractivity contribution in [3.63, 3.8) is 0 Å². The van der Waals surface area contributed by atoms with E-state index >= 15 is 0 Å². The van der Waals surface area contributed by atoms with Gasteiger partial charge in [0.15, 0.2) is 0 Å². The molecule has 0 aliphatic rings. The average molecular weight is 340 g/mol. The van der Waals surface area contributed by atoms with Crippen molar-refractivity contribution in [2.24, 2.45) is 5.73 Å². The van der Waals surface area contributed by atoms with Gasteiger partial charge in [-0.3, -0.25) is 9.78 Å². The number of nitrogens with two attached hydrogens (primary N) is 1. The topological polar surface area (TPSA) is 103 Å². The van der Waals surface area contributed by atoms with Crippen molar-refractivity contribution in [1.82, 2.24) is 14.5 Å². The second kappa shape index (κ2) is 7.31. The SMILES string of the molecule is C[C@H](O)[C@@H](CCOc1ccc2ncccc2c1)n1cnc(C(N)=O)c1. The molecule has 3 aromatic rings. The van der Waals surface area contributed by atoms with Crippen LogP contribution in [0.1, 0.15) is 29.9 Å². The predicted octanol–water partition coefficient (Wildman–Crippen LogP) is 1.92. The maximum atomic E-state index is 11.2. The standard InChI is InChI=1S/C18H20N4O3/c1-12(23)17(22-10-16(18(19)24)21-11-22)6-8-25-14-4-5-15-13(9-14)3-2-7-20-15/h2-5,7,9-12,17,23H,6,8H2,1H3,(H2,19,24)/t12-,17+/m0/s1. The molecule has 130 valence electrons. The zero-order valence-corrected chi connectivity index (χ0v) is 13.9. The monoisotopic (exact) mass is 340 g/mol. The van der Waals surface area contributed by atoms with E-state index in [-0.39, 0.29) is 11.7 Å². The number of pyridine rings is 1. The van der Waals surface area contributed by atoms with Gasteiger partial charge in [-0.25, -0.2) is 4.98 Å². The first kappa shape index (κ1) is 16.9. The molecular weight excluding hydrogens is 320 g/mol. The van der Waals surface area contributed by atoms with Gasteiger partial charge in [-0.2, -0.15) is 0 Å². The molecule has 7 nitrogen and oxygen atoms in total. The van der Waals surface area contributed by atoms with Crippen molar-refractivity contribution in [1.29, 1.82) is 0 Å². The molecule has 0 aliphatic carbocycles. The van der Waals surface area contributed by atoms with Crippen LogP contribution in [-0.2, 0) is 0 Å². The lowest BCUT2D eigenvalue weighted by atomic mass is 10.1. The molecular formula is C18H20N4O3. The normalized spacial score (nSPS) is 13.5. The minimum atomic E-state index is -0.626. The van der Waals surface area contributed by atoms with E-state index in [1.165, 1.54) is 6.33 Å². The van der Waals surface area contributed by atoms with Gasteiger partial charge >= 0.3 is 0 Å². The third-order valence-electron chi connectivity index (χ3n) is 4.05. The van der Waals surface area contributed by atoms with Crippen LogP contribution >= 0.6 is 0 Å². The van der Waals surface area contributed by atoms with Crippen LogP contribution in [0.3, 0.4) is 0 Å². The fourth-order valence-electron chi connectivity index (χ4n) is 2.73. The maximum Gasteiger partial charge on any atom is 0.268 e. The molecule has 3 N–H and O–H groups in total. The number of fused-ring (bicyclic) bond motifs is 1. The average Bonchev–Trinajstić information content (AvgIpc) is 3.08.